The molecular weight excluding hydrogens is 274 g/mol. The van der Waals surface area contributed by atoms with Crippen LogP contribution in [0.15, 0.2) is 59.6 Å². The van der Waals surface area contributed by atoms with Crippen molar-refractivity contribution in [2.75, 3.05) is 19.0 Å². The summed E-state index contributed by atoms with van der Waals surface area (Å²) in [6.07, 6.45) is 1.19. The summed E-state index contributed by atoms with van der Waals surface area (Å²) in [6, 6.07) is 18.3. The van der Waals surface area contributed by atoms with Crippen molar-refractivity contribution in [3.63, 3.8) is 0 Å². The number of methoxy groups -OCH3 is 1. The molecule has 22 heavy (non-hydrogen) atoms. The highest BCUT2D eigenvalue weighted by Gasteiger charge is 2.37. The summed E-state index contributed by atoms with van der Waals surface area (Å²) >= 11 is 0. The van der Waals surface area contributed by atoms with E-state index in [4.69, 9.17) is 10.5 Å². The van der Waals surface area contributed by atoms with Gasteiger partial charge in [-0.05, 0) is 36.0 Å². The normalized spacial score (nSPS) is 20.5. The molecule has 114 valence electrons. The smallest absolute Gasteiger partial charge is 0.193 e. The summed E-state index contributed by atoms with van der Waals surface area (Å²) in [5.74, 6) is 2.42. The molecule has 1 fully saturated rings. The third-order valence-electron chi connectivity index (χ3n) is 4.02. The Balaban J connectivity index is 1.55. The average molecular weight is 295 g/mol. The Morgan fingerprint density at radius 3 is 2.68 bits per heavy atom. The first-order valence-corrected chi connectivity index (χ1v) is 7.53. The lowest BCUT2D eigenvalue weighted by Crippen LogP contribution is -2.23. The van der Waals surface area contributed by atoms with Gasteiger partial charge in [0, 0.05) is 6.54 Å². The van der Waals surface area contributed by atoms with Crippen LogP contribution >= 0.6 is 0 Å². The van der Waals surface area contributed by atoms with E-state index in [-0.39, 0.29) is 0 Å². The van der Waals surface area contributed by atoms with Crippen LogP contribution in [0.1, 0.15) is 17.9 Å². The van der Waals surface area contributed by atoms with Gasteiger partial charge in [-0.2, -0.15) is 0 Å². The number of para-hydroxylation sites is 2. The van der Waals surface area contributed by atoms with E-state index in [0.29, 0.717) is 17.8 Å². The molecule has 0 aromatic heterocycles. The number of rotatable bonds is 5. The van der Waals surface area contributed by atoms with Gasteiger partial charge in [0.2, 0.25) is 0 Å². The standard InChI is InChI=1S/C18H21N3O/c1-22-17-10-6-5-9-16(17)21-18(19)20-12-14-11-15(14)13-7-3-2-4-8-13/h2-10,14-15H,11-12H2,1H3,(H3,19,20,21). The van der Waals surface area contributed by atoms with Crippen LogP contribution < -0.4 is 15.8 Å². The molecule has 0 aliphatic heterocycles. The van der Waals surface area contributed by atoms with Gasteiger partial charge in [0.1, 0.15) is 5.75 Å². The van der Waals surface area contributed by atoms with E-state index in [1.54, 1.807) is 7.11 Å². The second kappa shape index (κ2) is 6.52. The summed E-state index contributed by atoms with van der Waals surface area (Å²) in [6.45, 7) is 0.757. The number of nitrogens with one attached hydrogen (secondary N) is 1. The van der Waals surface area contributed by atoms with Crippen LogP contribution in [0.5, 0.6) is 5.75 Å². The van der Waals surface area contributed by atoms with E-state index in [1.165, 1.54) is 12.0 Å². The number of aliphatic imine (C=N–C) groups is 1. The Labute approximate surface area is 131 Å². The highest BCUT2D eigenvalue weighted by Crippen LogP contribution is 2.47. The molecule has 1 aliphatic carbocycles. The number of ether oxygens (including phenoxy) is 1. The molecule has 2 aromatic carbocycles. The molecule has 3 rings (SSSR count). The maximum atomic E-state index is 5.97. The largest absolute Gasteiger partial charge is 0.495 e. The lowest BCUT2D eigenvalue weighted by molar-refractivity contribution is 0.417. The van der Waals surface area contributed by atoms with E-state index >= 15 is 0 Å². The van der Waals surface area contributed by atoms with Crippen molar-refractivity contribution < 1.29 is 4.74 Å². The van der Waals surface area contributed by atoms with Gasteiger partial charge in [-0.25, -0.2) is 0 Å². The van der Waals surface area contributed by atoms with Crippen molar-refractivity contribution in [2.24, 2.45) is 16.6 Å². The quantitative estimate of drug-likeness (QED) is 0.657. The second-order valence-corrected chi connectivity index (χ2v) is 5.56. The molecule has 2 aromatic rings. The monoisotopic (exact) mass is 295 g/mol. The molecule has 0 spiro atoms. The predicted octanol–water partition coefficient (Wildman–Crippen LogP) is 3.23. The maximum absolute atomic E-state index is 5.97. The van der Waals surface area contributed by atoms with Crippen molar-refractivity contribution in [1.82, 2.24) is 0 Å². The minimum atomic E-state index is 0.434. The second-order valence-electron chi connectivity index (χ2n) is 5.56. The number of anilines is 1. The Bertz CT molecular complexity index is 654. The predicted molar refractivity (Wildman–Crippen MR) is 90.4 cm³/mol. The summed E-state index contributed by atoms with van der Waals surface area (Å²) in [5, 5.41) is 3.10. The molecular formula is C18H21N3O. The van der Waals surface area contributed by atoms with Gasteiger partial charge in [0.15, 0.2) is 5.96 Å². The minimum absolute atomic E-state index is 0.434. The molecule has 1 saturated carbocycles. The number of benzene rings is 2. The molecule has 0 radical (unpaired) electrons. The molecule has 1 aliphatic rings. The van der Waals surface area contributed by atoms with Gasteiger partial charge in [-0.3, -0.25) is 4.99 Å². The fourth-order valence-electron chi connectivity index (χ4n) is 2.70. The van der Waals surface area contributed by atoms with Gasteiger partial charge in [0.25, 0.3) is 0 Å². The van der Waals surface area contributed by atoms with Crippen molar-refractivity contribution in [3.8, 4) is 5.75 Å². The summed E-state index contributed by atoms with van der Waals surface area (Å²) < 4.78 is 5.29. The highest BCUT2D eigenvalue weighted by atomic mass is 16.5. The summed E-state index contributed by atoms with van der Waals surface area (Å²) in [5.41, 5.74) is 8.21. The van der Waals surface area contributed by atoms with E-state index < -0.39 is 0 Å². The molecule has 2 atom stereocenters. The zero-order valence-corrected chi connectivity index (χ0v) is 12.7. The molecule has 0 amide bonds. The lowest BCUT2D eigenvalue weighted by Gasteiger charge is -2.10. The zero-order chi connectivity index (χ0) is 15.4. The summed E-state index contributed by atoms with van der Waals surface area (Å²) in [7, 11) is 1.64. The van der Waals surface area contributed by atoms with Crippen LogP contribution in [-0.4, -0.2) is 19.6 Å². The molecule has 4 nitrogen and oxygen atoms in total. The Hall–Kier alpha value is -2.49. The Kier molecular flexibility index (Phi) is 4.28. The first kappa shape index (κ1) is 14.4. The van der Waals surface area contributed by atoms with Gasteiger partial charge >= 0.3 is 0 Å². The molecule has 4 heteroatoms. The fraction of sp³-hybridized carbons (Fsp3) is 0.278. The van der Waals surface area contributed by atoms with E-state index in [2.05, 4.69) is 34.6 Å². The van der Waals surface area contributed by atoms with Gasteiger partial charge < -0.3 is 15.8 Å². The third-order valence-corrected chi connectivity index (χ3v) is 4.02. The zero-order valence-electron chi connectivity index (χ0n) is 12.7. The van der Waals surface area contributed by atoms with E-state index in [9.17, 15) is 0 Å². The van der Waals surface area contributed by atoms with E-state index in [0.717, 1.165) is 18.0 Å². The number of nitrogens with zero attached hydrogens (tertiary/aromatic N) is 1. The first-order valence-electron chi connectivity index (χ1n) is 7.53. The minimum Gasteiger partial charge on any atom is -0.495 e. The van der Waals surface area contributed by atoms with Crippen LogP contribution in [0, 0.1) is 5.92 Å². The van der Waals surface area contributed by atoms with Crippen LogP contribution in [0.25, 0.3) is 0 Å². The highest BCUT2D eigenvalue weighted by molar-refractivity contribution is 5.93. The number of hydrogen-bond acceptors (Lipinski definition) is 2. The van der Waals surface area contributed by atoms with Crippen molar-refractivity contribution in [2.45, 2.75) is 12.3 Å². The Morgan fingerprint density at radius 2 is 1.91 bits per heavy atom. The van der Waals surface area contributed by atoms with Gasteiger partial charge in [-0.1, -0.05) is 42.5 Å². The van der Waals surface area contributed by atoms with Gasteiger partial charge in [0.05, 0.1) is 12.8 Å². The topological polar surface area (TPSA) is 59.6 Å². The van der Waals surface area contributed by atoms with Crippen LogP contribution in [0.3, 0.4) is 0 Å². The Morgan fingerprint density at radius 1 is 1.18 bits per heavy atom. The first-order chi connectivity index (χ1) is 10.8. The lowest BCUT2D eigenvalue weighted by atomic mass is 10.1. The average Bonchev–Trinajstić information content (AvgIpc) is 3.34. The molecule has 0 heterocycles. The van der Waals surface area contributed by atoms with Crippen molar-refractivity contribution in [1.29, 1.82) is 0 Å². The fourth-order valence-corrected chi connectivity index (χ4v) is 2.70. The maximum Gasteiger partial charge on any atom is 0.193 e. The molecule has 0 saturated heterocycles. The number of nitrogens with two attached hydrogens (primary N) is 1. The van der Waals surface area contributed by atoms with Crippen LogP contribution in [0.2, 0.25) is 0 Å². The molecule has 3 N–H and O–H groups in total. The van der Waals surface area contributed by atoms with Crippen LogP contribution in [0.4, 0.5) is 5.69 Å². The van der Waals surface area contributed by atoms with Crippen molar-refractivity contribution >= 4 is 11.6 Å². The van der Waals surface area contributed by atoms with E-state index in [1.807, 2.05) is 30.3 Å². The van der Waals surface area contributed by atoms with Gasteiger partial charge in [-0.15, -0.1) is 0 Å². The SMILES string of the molecule is COc1ccccc1NC(N)=NCC1CC1c1ccccc1. The molecule has 2 unspecified atom stereocenters. The van der Waals surface area contributed by atoms with Crippen LogP contribution in [-0.2, 0) is 0 Å². The number of hydrogen-bond donors (Lipinski definition) is 2. The van der Waals surface area contributed by atoms with Crippen molar-refractivity contribution in [3.05, 3.63) is 60.2 Å². The number of guanidine groups is 1. The molecule has 0 bridgehead atoms. The third kappa shape index (κ3) is 3.39. The summed E-state index contributed by atoms with van der Waals surface area (Å²) in [4.78, 5) is 4.46.